The first-order chi connectivity index (χ1) is 12.9. The van der Waals surface area contributed by atoms with E-state index in [4.69, 9.17) is 24.4 Å². The number of piperazine rings is 1. The molecule has 0 saturated carbocycles. The predicted molar refractivity (Wildman–Crippen MR) is 118 cm³/mol. The molecule has 3 nitrogen and oxygen atoms in total. The number of nitrogens with zero attached hydrogens (tertiary/aromatic N) is 3. The van der Waals surface area contributed by atoms with Crippen LogP contribution in [0.2, 0.25) is 0 Å². The van der Waals surface area contributed by atoms with Gasteiger partial charge in [0, 0.05) is 20.5 Å². The Balaban J connectivity index is 2.00. The molecule has 0 amide bonds. The van der Waals surface area contributed by atoms with Crippen LogP contribution in [-0.4, -0.2) is 39.4 Å². The van der Waals surface area contributed by atoms with E-state index in [0.29, 0.717) is 5.56 Å². The third-order valence-corrected chi connectivity index (χ3v) is 6.35. The summed E-state index contributed by atoms with van der Waals surface area (Å²) in [7, 11) is 3.94. The summed E-state index contributed by atoms with van der Waals surface area (Å²) in [5.74, 6) is 0. The molecule has 1 unspecified atom stereocenters. The molecule has 0 N–H and O–H groups in total. The van der Waals surface area contributed by atoms with E-state index in [1.165, 1.54) is 5.56 Å². The van der Waals surface area contributed by atoms with Crippen molar-refractivity contribution < 1.29 is 0 Å². The Morgan fingerprint density at radius 3 is 2.33 bits per heavy atom. The molecule has 5 heteroatoms. The van der Waals surface area contributed by atoms with Crippen molar-refractivity contribution in [3.8, 4) is 6.07 Å². The number of benzene rings is 2. The summed E-state index contributed by atoms with van der Waals surface area (Å²) >= 11 is 11.7. The molecule has 3 rings (SSSR count). The fraction of sp³-hybridized carbons (Fsp3) is 0.227. The molecule has 0 bridgehead atoms. The molecule has 1 aliphatic heterocycles. The summed E-state index contributed by atoms with van der Waals surface area (Å²) in [6, 6.07) is 20.0. The molecule has 0 aromatic heterocycles. The van der Waals surface area contributed by atoms with Crippen molar-refractivity contribution in [2.75, 3.05) is 14.1 Å². The van der Waals surface area contributed by atoms with Crippen LogP contribution in [0.1, 0.15) is 23.6 Å². The molecule has 2 aromatic rings. The molecule has 136 valence electrons. The van der Waals surface area contributed by atoms with Gasteiger partial charge in [-0.15, -0.1) is 0 Å². The van der Waals surface area contributed by atoms with Gasteiger partial charge in [-0.25, -0.2) is 0 Å². The van der Waals surface area contributed by atoms with E-state index in [2.05, 4.69) is 30.0 Å². The second kappa shape index (κ2) is 7.59. The minimum absolute atomic E-state index is 0.394. The highest BCUT2D eigenvalue weighted by Crippen LogP contribution is 2.33. The average Bonchev–Trinajstić information content (AvgIpc) is 2.69. The molecule has 0 aliphatic carbocycles. The van der Waals surface area contributed by atoms with Gasteiger partial charge in [-0.05, 0) is 30.2 Å². The third kappa shape index (κ3) is 3.51. The Morgan fingerprint density at radius 1 is 1.04 bits per heavy atom. The molecule has 0 radical (unpaired) electrons. The maximum absolute atomic E-state index is 9.37. The largest absolute Gasteiger partial charge is 0.352 e. The van der Waals surface area contributed by atoms with Gasteiger partial charge in [0.25, 0.3) is 0 Å². The summed E-state index contributed by atoms with van der Waals surface area (Å²) in [6.07, 6.45) is 2.72. The summed E-state index contributed by atoms with van der Waals surface area (Å²) < 4.78 is 0. The van der Waals surface area contributed by atoms with E-state index in [0.717, 1.165) is 27.7 Å². The normalized spacial score (nSPS) is 21.5. The Kier molecular flexibility index (Phi) is 5.41. The lowest BCUT2D eigenvalue weighted by Gasteiger charge is -2.50. The lowest BCUT2D eigenvalue weighted by atomic mass is 9.88. The smallest absolute Gasteiger partial charge is 0.126 e. The lowest BCUT2D eigenvalue weighted by Crippen LogP contribution is -2.63. The van der Waals surface area contributed by atoms with Gasteiger partial charge in [-0.3, -0.25) is 0 Å². The molecule has 2 aromatic carbocycles. The van der Waals surface area contributed by atoms with Crippen molar-refractivity contribution in [1.82, 2.24) is 9.80 Å². The SMILES string of the molecule is CN1C(=S)C(C)(Cc2ccccc2)N(C)C(=S)/C1=C/c1ccccc1C#N. The highest BCUT2D eigenvalue weighted by molar-refractivity contribution is 7.81. The van der Waals surface area contributed by atoms with Gasteiger partial charge >= 0.3 is 0 Å². The topological polar surface area (TPSA) is 30.3 Å². The number of likely N-dealkylation sites (N-methyl/N-ethyl adjacent to an activating group) is 2. The van der Waals surface area contributed by atoms with Crippen LogP contribution in [0.4, 0.5) is 0 Å². The van der Waals surface area contributed by atoms with E-state index in [-0.39, 0.29) is 0 Å². The van der Waals surface area contributed by atoms with Crippen LogP contribution in [-0.2, 0) is 6.42 Å². The maximum atomic E-state index is 9.37. The van der Waals surface area contributed by atoms with E-state index in [9.17, 15) is 5.26 Å². The summed E-state index contributed by atoms with van der Waals surface area (Å²) in [5, 5.41) is 9.37. The van der Waals surface area contributed by atoms with Gasteiger partial charge in [-0.2, -0.15) is 5.26 Å². The summed E-state index contributed by atoms with van der Waals surface area (Å²) in [6.45, 7) is 2.13. The van der Waals surface area contributed by atoms with Crippen molar-refractivity contribution in [2.24, 2.45) is 0 Å². The van der Waals surface area contributed by atoms with Crippen molar-refractivity contribution in [2.45, 2.75) is 18.9 Å². The summed E-state index contributed by atoms with van der Waals surface area (Å²) in [4.78, 5) is 5.59. The van der Waals surface area contributed by atoms with E-state index in [1.807, 2.05) is 61.5 Å². The zero-order valence-corrected chi connectivity index (χ0v) is 17.3. The number of nitriles is 1. The van der Waals surface area contributed by atoms with Crippen LogP contribution in [0.15, 0.2) is 60.3 Å². The minimum atomic E-state index is -0.394. The van der Waals surface area contributed by atoms with Gasteiger partial charge in [0.2, 0.25) is 0 Å². The van der Waals surface area contributed by atoms with E-state index in [1.54, 1.807) is 6.07 Å². The Hall–Kier alpha value is -2.55. The lowest BCUT2D eigenvalue weighted by molar-refractivity contribution is 0.285. The Labute approximate surface area is 171 Å². The van der Waals surface area contributed by atoms with Gasteiger partial charge in [-0.1, -0.05) is 73.0 Å². The second-order valence-electron chi connectivity index (χ2n) is 6.89. The molecule has 1 aliphatic rings. The highest BCUT2D eigenvalue weighted by Gasteiger charge is 2.43. The number of hydrogen-bond acceptors (Lipinski definition) is 3. The summed E-state index contributed by atoms with van der Waals surface area (Å²) in [5.41, 5.74) is 3.12. The molecule has 0 spiro atoms. The van der Waals surface area contributed by atoms with Crippen molar-refractivity contribution in [3.05, 3.63) is 77.0 Å². The molecular formula is C22H21N3S2. The fourth-order valence-corrected chi connectivity index (χ4v) is 4.08. The van der Waals surface area contributed by atoms with Crippen LogP contribution in [0.25, 0.3) is 6.08 Å². The van der Waals surface area contributed by atoms with Crippen molar-refractivity contribution >= 4 is 40.5 Å². The third-order valence-electron chi connectivity index (χ3n) is 5.16. The van der Waals surface area contributed by atoms with Crippen LogP contribution in [0.5, 0.6) is 0 Å². The monoisotopic (exact) mass is 391 g/mol. The molecule has 1 fully saturated rings. The zero-order valence-electron chi connectivity index (χ0n) is 15.6. The first kappa shape index (κ1) is 19.2. The molecule has 1 saturated heterocycles. The van der Waals surface area contributed by atoms with Crippen LogP contribution in [0, 0.1) is 11.3 Å². The van der Waals surface area contributed by atoms with E-state index >= 15 is 0 Å². The number of rotatable bonds is 3. The predicted octanol–water partition coefficient (Wildman–Crippen LogP) is 4.43. The molecule has 1 atom stereocenters. The number of hydrogen-bond donors (Lipinski definition) is 0. The maximum Gasteiger partial charge on any atom is 0.126 e. The van der Waals surface area contributed by atoms with E-state index < -0.39 is 5.54 Å². The number of thiocarbonyl (C=S) groups is 2. The molecule has 1 heterocycles. The highest BCUT2D eigenvalue weighted by atomic mass is 32.1. The molecule has 27 heavy (non-hydrogen) atoms. The van der Waals surface area contributed by atoms with Gasteiger partial charge in [0.15, 0.2) is 0 Å². The Morgan fingerprint density at radius 2 is 1.67 bits per heavy atom. The fourth-order valence-electron chi connectivity index (χ4n) is 3.37. The Bertz CT molecular complexity index is 959. The second-order valence-corrected chi connectivity index (χ2v) is 7.67. The average molecular weight is 392 g/mol. The zero-order chi connectivity index (χ0) is 19.6. The van der Waals surface area contributed by atoms with Crippen LogP contribution >= 0.6 is 24.4 Å². The van der Waals surface area contributed by atoms with Gasteiger partial charge in [0.05, 0.1) is 22.9 Å². The quantitative estimate of drug-likeness (QED) is 0.570. The molecular weight excluding hydrogens is 370 g/mol. The standard InChI is InChI=1S/C22H21N3S2/c1-22(14-16-9-5-4-6-10-16)21(27)24(2)19(20(26)25(22)3)13-17-11-7-8-12-18(17)15-23/h4-13H,14H2,1-3H3/b19-13-. The van der Waals surface area contributed by atoms with Crippen LogP contribution < -0.4 is 0 Å². The van der Waals surface area contributed by atoms with Gasteiger partial charge in [0.1, 0.15) is 9.98 Å². The first-order valence-corrected chi connectivity index (χ1v) is 9.51. The van der Waals surface area contributed by atoms with Crippen molar-refractivity contribution in [3.63, 3.8) is 0 Å². The van der Waals surface area contributed by atoms with Crippen molar-refractivity contribution in [1.29, 1.82) is 5.26 Å². The minimum Gasteiger partial charge on any atom is -0.352 e. The van der Waals surface area contributed by atoms with Gasteiger partial charge < -0.3 is 9.80 Å². The first-order valence-electron chi connectivity index (χ1n) is 8.69. The van der Waals surface area contributed by atoms with Crippen LogP contribution in [0.3, 0.4) is 0 Å².